The van der Waals surface area contributed by atoms with E-state index in [2.05, 4.69) is 10.0 Å². The van der Waals surface area contributed by atoms with E-state index >= 15 is 0 Å². The Bertz CT molecular complexity index is 955. The SMILES string of the molecule is C[C@H]1C(=O)Nc2ccc(S(=O)(=O)Nc3cccc(C(F)(F)F)c3)cc21. The monoisotopic (exact) mass is 370 g/mol. The van der Waals surface area contributed by atoms with Crippen molar-refractivity contribution in [2.45, 2.75) is 23.9 Å². The number of nitrogens with one attached hydrogen (secondary N) is 2. The van der Waals surface area contributed by atoms with E-state index in [1.54, 1.807) is 6.92 Å². The standard InChI is InChI=1S/C16H13F3N2O3S/c1-9-13-8-12(5-6-14(13)20-15(9)22)25(23,24)21-11-4-2-3-10(7-11)16(17,18)19/h2-9,21H,1H3,(H,20,22)/t9-/m1/s1. The lowest BCUT2D eigenvalue weighted by atomic mass is 10.0. The fraction of sp³-hybridized carbons (Fsp3) is 0.188. The van der Waals surface area contributed by atoms with Crippen molar-refractivity contribution in [3.05, 3.63) is 53.6 Å². The van der Waals surface area contributed by atoms with Gasteiger partial charge in [-0.3, -0.25) is 9.52 Å². The number of rotatable bonds is 3. The Labute approximate surface area is 141 Å². The molecule has 0 bridgehead atoms. The summed E-state index contributed by atoms with van der Waals surface area (Å²) in [5.74, 6) is -0.742. The van der Waals surface area contributed by atoms with Crippen molar-refractivity contribution in [1.29, 1.82) is 0 Å². The number of fused-ring (bicyclic) bond motifs is 1. The molecule has 1 atom stereocenters. The molecule has 0 spiro atoms. The van der Waals surface area contributed by atoms with Gasteiger partial charge in [0.2, 0.25) is 5.91 Å². The molecule has 1 aliphatic rings. The molecule has 0 saturated carbocycles. The van der Waals surface area contributed by atoms with E-state index in [1.165, 1.54) is 24.3 Å². The maximum Gasteiger partial charge on any atom is 0.416 e. The van der Waals surface area contributed by atoms with Crippen LogP contribution in [-0.2, 0) is 21.0 Å². The number of amides is 1. The number of sulfonamides is 1. The molecule has 9 heteroatoms. The average Bonchev–Trinajstić information content (AvgIpc) is 2.81. The van der Waals surface area contributed by atoms with Crippen molar-refractivity contribution >= 4 is 27.3 Å². The van der Waals surface area contributed by atoms with Gasteiger partial charge in [0.05, 0.1) is 16.4 Å². The summed E-state index contributed by atoms with van der Waals surface area (Å²) in [5.41, 5.74) is -0.102. The molecule has 132 valence electrons. The zero-order chi connectivity index (χ0) is 18.4. The van der Waals surface area contributed by atoms with Crippen LogP contribution in [0.1, 0.15) is 24.0 Å². The molecule has 1 aliphatic heterocycles. The lowest BCUT2D eigenvalue weighted by Gasteiger charge is -2.12. The first kappa shape index (κ1) is 17.3. The molecule has 1 heterocycles. The smallest absolute Gasteiger partial charge is 0.325 e. The van der Waals surface area contributed by atoms with Crippen molar-refractivity contribution in [1.82, 2.24) is 0 Å². The Morgan fingerprint density at radius 2 is 1.84 bits per heavy atom. The van der Waals surface area contributed by atoms with Crippen LogP contribution in [0.15, 0.2) is 47.4 Å². The van der Waals surface area contributed by atoms with Crippen molar-refractivity contribution < 1.29 is 26.4 Å². The molecule has 0 saturated heterocycles. The highest BCUT2D eigenvalue weighted by Crippen LogP contribution is 2.35. The Morgan fingerprint density at radius 1 is 1.12 bits per heavy atom. The van der Waals surface area contributed by atoms with Gasteiger partial charge in [0.15, 0.2) is 0 Å². The molecule has 0 aliphatic carbocycles. The Hall–Kier alpha value is -2.55. The van der Waals surface area contributed by atoms with Gasteiger partial charge in [-0.15, -0.1) is 0 Å². The average molecular weight is 370 g/mol. The molecule has 2 N–H and O–H groups in total. The summed E-state index contributed by atoms with van der Waals surface area (Å²) < 4.78 is 65.2. The van der Waals surface area contributed by atoms with Crippen molar-refractivity contribution in [2.24, 2.45) is 0 Å². The Kier molecular flexibility index (Phi) is 3.98. The summed E-state index contributed by atoms with van der Waals surface area (Å²) in [6.45, 7) is 1.64. The van der Waals surface area contributed by atoms with Gasteiger partial charge in [-0.2, -0.15) is 13.2 Å². The molecule has 0 aromatic heterocycles. The second-order valence-electron chi connectivity index (χ2n) is 5.64. The minimum absolute atomic E-state index is 0.132. The van der Waals surface area contributed by atoms with Crippen LogP contribution >= 0.6 is 0 Å². The topological polar surface area (TPSA) is 75.3 Å². The minimum atomic E-state index is -4.57. The maximum absolute atomic E-state index is 12.7. The van der Waals surface area contributed by atoms with E-state index < -0.39 is 27.7 Å². The van der Waals surface area contributed by atoms with Crippen molar-refractivity contribution in [3.63, 3.8) is 0 Å². The molecule has 3 rings (SSSR count). The van der Waals surface area contributed by atoms with Crippen LogP contribution in [0.4, 0.5) is 24.5 Å². The number of alkyl halides is 3. The molecule has 0 radical (unpaired) electrons. The summed E-state index contributed by atoms with van der Waals surface area (Å²) in [5, 5.41) is 2.62. The van der Waals surface area contributed by atoms with Gasteiger partial charge in [-0.05, 0) is 48.9 Å². The van der Waals surface area contributed by atoms with Crippen LogP contribution in [0, 0.1) is 0 Å². The van der Waals surface area contributed by atoms with Crippen LogP contribution in [0.3, 0.4) is 0 Å². The fourth-order valence-corrected chi connectivity index (χ4v) is 3.62. The Balaban J connectivity index is 1.93. The number of halogens is 3. The first-order valence-corrected chi connectivity index (χ1v) is 8.71. The van der Waals surface area contributed by atoms with Gasteiger partial charge in [-0.1, -0.05) is 6.07 Å². The molecule has 2 aromatic carbocycles. The zero-order valence-electron chi connectivity index (χ0n) is 12.9. The number of carbonyl (C=O) groups excluding carboxylic acids is 1. The van der Waals surface area contributed by atoms with E-state index in [0.29, 0.717) is 11.3 Å². The molecule has 2 aromatic rings. The summed E-state index contributed by atoms with van der Waals surface area (Å²) in [6, 6.07) is 8.01. The van der Waals surface area contributed by atoms with Gasteiger partial charge in [0.1, 0.15) is 0 Å². The van der Waals surface area contributed by atoms with E-state index in [-0.39, 0.29) is 16.5 Å². The number of hydrogen-bond acceptors (Lipinski definition) is 3. The van der Waals surface area contributed by atoms with Crippen LogP contribution in [0.25, 0.3) is 0 Å². The normalized spacial score (nSPS) is 17.1. The number of benzene rings is 2. The third-order valence-electron chi connectivity index (χ3n) is 3.89. The van der Waals surface area contributed by atoms with Crippen LogP contribution < -0.4 is 10.0 Å². The third kappa shape index (κ3) is 3.32. The van der Waals surface area contributed by atoms with E-state index in [9.17, 15) is 26.4 Å². The first-order valence-electron chi connectivity index (χ1n) is 7.23. The highest BCUT2D eigenvalue weighted by Gasteiger charge is 2.31. The van der Waals surface area contributed by atoms with Crippen LogP contribution in [-0.4, -0.2) is 14.3 Å². The second-order valence-corrected chi connectivity index (χ2v) is 7.33. The fourth-order valence-electron chi connectivity index (χ4n) is 2.54. The van der Waals surface area contributed by atoms with Gasteiger partial charge < -0.3 is 5.32 Å². The maximum atomic E-state index is 12.7. The summed E-state index contributed by atoms with van der Waals surface area (Å²) in [4.78, 5) is 11.5. The van der Waals surface area contributed by atoms with Gasteiger partial charge in [0.25, 0.3) is 10.0 Å². The van der Waals surface area contributed by atoms with Crippen LogP contribution in [0.2, 0.25) is 0 Å². The quantitative estimate of drug-likeness (QED) is 0.867. The van der Waals surface area contributed by atoms with Crippen molar-refractivity contribution in [2.75, 3.05) is 10.0 Å². The predicted molar refractivity (Wildman–Crippen MR) is 85.7 cm³/mol. The van der Waals surface area contributed by atoms with Gasteiger partial charge in [0, 0.05) is 11.4 Å². The number of anilines is 2. The summed E-state index contributed by atoms with van der Waals surface area (Å²) in [6.07, 6.45) is -4.57. The molecule has 0 fully saturated rings. The summed E-state index contributed by atoms with van der Waals surface area (Å²) >= 11 is 0. The molecule has 5 nitrogen and oxygen atoms in total. The predicted octanol–water partition coefficient (Wildman–Crippen LogP) is 3.56. The molecule has 25 heavy (non-hydrogen) atoms. The first-order chi connectivity index (χ1) is 11.6. The minimum Gasteiger partial charge on any atom is -0.325 e. The largest absolute Gasteiger partial charge is 0.416 e. The number of carbonyl (C=O) groups is 1. The summed E-state index contributed by atoms with van der Waals surface area (Å²) in [7, 11) is -4.09. The van der Waals surface area contributed by atoms with Crippen LogP contribution in [0.5, 0.6) is 0 Å². The highest BCUT2D eigenvalue weighted by atomic mass is 32.2. The molecule has 0 unspecified atom stereocenters. The number of hydrogen-bond donors (Lipinski definition) is 2. The van der Waals surface area contributed by atoms with E-state index in [4.69, 9.17) is 0 Å². The third-order valence-corrected chi connectivity index (χ3v) is 5.27. The Morgan fingerprint density at radius 3 is 2.52 bits per heavy atom. The van der Waals surface area contributed by atoms with Gasteiger partial charge in [-0.25, -0.2) is 8.42 Å². The second kappa shape index (κ2) is 5.76. The molecular formula is C16H13F3N2O3S. The lowest BCUT2D eigenvalue weighted by molar-refractivity contribution is -0.137. The van der Waals surface area contributed by atoms with Gasteiger partial charge >= 0.3 is 6.18 Å². The zero-order valence-corrected chi connectivity index (χ0v) is 13.7. The van der Waals surface area contributed by atoms with E-state index in [1.807, 2.05) is 0 Å². The molecular weight excluding hydrogens is 357 g/mol. The lowest BCUT2D eigenvalue weighted by Crippen LogP contribution is -2.14. The van der Waals surface area contributed by atoms with Crippen molar-refractivity contribution in [3.8, 4) is 0 Å². The highest BCUT2D eigenvalue weighted by molar-refractivity contribution is 7.92. The molecule has 1 amide bonds. The van der Waals surface area contributed by atoms with E-state index in [0.717, 1.165) is 18.2 Å².